The van der Waals surface area contributed by atoms with E-state index in [0.29, 0.717) is 0 Å². The van der Waals surface area contributed by atoms with Gasteiger partial charge in [-0.15, -0.1) is 0 Å². The SMILES string of the molecule is C[Si]1(C)c2ccccc2-c2cc(N(c3ccccc3)c3ccc4cc5c(cc4c3)oc3c5ccc4oc5cc6cc(N(c7ccccc7)c7ccc8c(c7)-c7ccccc7[Si]8(C)C)ccc6cc5c43)ccc21. The average molecular weight is 957 g/mol. The number of rotatable bonds is 6. The monoisotopic (exact) mass is 956 g/mol. The third-order valence-corrected chi connectivity index (χ3v) is 23.3. The zero-order valence-corrected chi connectivity index (χ0v) is 42.5. The molecule has 0 amide bonds. The second kappa shape index (κ2) is 15.0. The zero-order chi connectivity index (χ0) is 48.0. The van der Waals surface area contributed by atoms with E-state index in [1.807, 2.05) is 0 Å². The van der Waals surface area contributed by atoms with Crippen LogP contribution in [0.2, 0.25) is 26.2 Å². The molecule has 0 saturated heterocycles. The Kier molecular flexibility index (Phi) is 8.64. The third-order valence-electron chi connectivity index (χ3n) is 16.2. The fourth-order valence-corrected chi connectivity index (χ4v) is 18.7. The van der Waals surface area contributed by atoms with Gasteiger partial charge in [-0.2, -0.15) is 0 Å². The van der Waals surface area contributed by atoms with E-state index in [1.165, 1.54) is 43.0 Å². The van der Waals surface area contributed by atoms with E-state index in [-0.39, 0.29) is 0 Å². The van der Waals surface area contributed by atoms with Crippen molar-refractivity contribution in [1.29, 1.82) is 0 Å². The van der Waals surface area contributed by atoms with Crippen molar-refractivity contribution in [2.45, 2.75) is 26.2 Å². The van der Waals surface area contributed by atoms with E-state index >= 15 is 0 Å². The van der Waals surface area contributed by atoms with Crippen LogP contribution in [0.1, 0.15) is 0 Å². The molecule has 4 nitrogen and oxygen atoms in total. The molecular formula is C66H48N2O2Si2. The first-order chi connectivity index (χ1) is 35.2. The minimum absolute atomic E-state index is 0.816. The number of fused-ring (bicyclic) bond motifs is 15. The molecule has 0 bridgehead atoms. The molecule has 0 atom stereocenters. The molecule has 0 saturated carbocycles. The molecule has 6 heteroatoms. The van der Waals surface area contributed by atoms with E-state index < -0.39 is 16.1 Å². The van der Waals surface area contributed by atoms with Gasteiger partial charge in [-0.3, -0.25) is 0 Å². The van der Waals surface area contributed by atoms with Crippen LogP contribution in [0.5, 0.6) is 0 Å². The van der Waals surface area contributed by atoms with Crippen molar-refractivity contribution >= 4 is 136 Å². The Morgan fingerprint density at radius 1 is 0.292 bits per heavy atom. The number of hydrogen-bond acceptors (Lipinski definition) is 4. The Morgan fingerprint density at radius 2 is 0.736 bits per heavy atom. The smallest absolute Gasteiger partial charge is 0.147 e. The van der Waals surface area contributed by atoms with Crippen molar-refractivity contribution in [1.82, 2.24) is 0 Å². The summed E-state index contributed by atoms with van der Waals surface area (Å²) in [6.07, 6.45) is 0. The normalized spacial score (nSPS) is 14.1. The van der Waals surface area contributed by atoms with Crippen LogP contribution in [-0.2, 0) is 0 Å². The molecule has 11 aromatic carbocycles. The number of hydrogen-bond donors (Lipinski definition) is 0. The van der Waals surface area contributed by atoms with Crippen LogP contribution in [0.4, 0.5) is 34.1 Å². The maximum Gasteiger partial charge on any atom is 0.147 e. The van der Waals surface area contributed by atoms with Gasteiger partial charge >= 0.3 is 0 Å². The predicted molar refractivity (Wildman–Crippen MR) is 310 cm³/mol. The molecule has 0 unspecified atom stereocenters. The van der Waals surface area contributed by atoms with Gasteiger partial charge in [0.15, 0.2) is 0 Å². The fourth-order valence-electron chi connectivity index (χ4n) is 12.6. The molecule has 15 rings (SSSR count). The predicted octanol–water partition coefficient (Wildman–Crippen LogP) is 16.3. The van der Waals surface area contributed by atoms with Crippen LogP contribution in [0.15, 0.2) is 227 Å². The van der Waals surface area contributed by atoms with Gasteiger partial charge in [0, 0.05) is 50.3 Å². The van der Waals surface area contributed by atoms with Crippen molar-refractivity contribution in [2.75, 3.05) is 9.80 Å². The van der Waals surface area contributed by atoms with E-state index in [2.05, 4.69) is 254 Å². The molecule has 2 aliphatic rings. The summed E-state index contributed by atoms with van der Waals surface area (Å²) in [6, 6.07) is 80.6. The van der Waals surface area contributed by atoms with Gasteiger partial charge in [0.25, 0.3) is 0 Å². The lowest BCUT2D eigenvalue weighted by Gasteiger charge is -2.27. The lowest BCUT2D eigenvalue weighted by atomic mass is 10.0. The zero-order valence-electron chi connectivity index (χ0n) is 40.5. The van der Waals surface area contributed by atoms with Gasteiger partial charge < -0.3 is 18.6 Å². The minimum atomic E-state index is -1.79. The van der Waals surface area contributed by atoms with E-state index in [1.54, 1.807) is 0 Å². The quantitative estimate of drug-likeness (QED) is 0.156. The van der Waals surface area contributed by atoms with Gasteiger partial charge in [0.1, 0.15) is 38.5 Å². The van der Waals surface area contributed by atoms with Crippen molar-refractivity contribution in [3.05, 3.63) is 218 Å². The summed E-state index contributed by atoms with van der Waals surface area (Å²) < 4.78 is 13.7. The summed E-state index contributed by atoms with van der Waals surface area (Å²) in [4.78, 5) is 4.77. The Bertz CT molecular complexity index is 4420. The number of para-hydroxylation sites is 2. The molecule has 2 aromatic heterocycles. The molecule has 342 valence electrons. The number of nitrogens with zero attached hydrogens (tertiary/aromatic N) is 2. The molecular weight excluding hydrogens is 909 g/mol. The maximum atomic E-state index is 6.97. The molecule has 0 radical (unpaired) electrons. The first kappa shape index (κ1) is 41.4. The van der Waals surface area contributed by atoms with E-state index in [0.717, 1.165) is 99.5 Å². The summed E-state index contributed by atoms with van der Waals surface area (Å²) in [7, 11) is -3.58. The first-order valence-electron chi connectivity index (χ1n) is 25.1. The van der Waals surface area contributed by atoms with Crippen LogP contribution in [-0.4, -0.2) is 16.1 Å². The average Bonchev–Trinajstić information content (AvgIpc) is 4.10. The van der Waals surface area contributed by atoms with Crippen LogP contribution in [0, 0.1) is 0 Å². The minimum Gasteiger partial charge on any atom is -0.456 e. The summed E-state index contributed by atoms with van der Waals surface area (Å²) >= 11 is 0. The van der Waals surface area contributed by atoms with Crippen LogP contribution < -0.4 is 30.5 Å². The Hall–Kier alpha value is -8.43. The largest absolute Gasteiger partial charge is 0.456 e. The highest BCUT2D eigenvalue weighted by atomic mass is 28.3. The van der Waals surface area contributed by atoms with Crippen molar-refractivity contribution in [3.8, 4) is 22.3 Å². The standard InChI is InChI=1S/C66H48N2O2Si2/c1-71(2)61-21-13-11-19-51(61)55-39-49(27-31-63(55)71)67(45-15-7-5-8-16-45)47-25-23-41-35-54-53-29-30-58-65(66(53)70-59(54)37-43(41)33-47)57-36-42-24-26-48(34-44(42)38-60(57)69-58)68(46-17-9-6-10-18-46)50-28-32-64-56(40-50)52-20-12-14-22-62(52)72(64,3)4/h5-40H,1-4H3. The van der Waals surface area contributed by atoms with Crippen molar-refractivity contribution < 1.29 is 8.83 Å². The second-order valence-electron chi connectivity index (χ2n) is 20.9. The molecule has 0 spiro atoms. The number of anilines is 6. The lowest BCUT2D eigenvalue weighted by molar-refractivity contribution is 0.663. The highest BCUT2D eigenvalue weighted by molar-refractivity contribution is 7.04. The van der Waals surface area contributed by atoms with E-state index in [4.69, 9.17) is 8.83 Å². The summed E-state index contributed by atoms with van der Waals surface area (Å²) in [6.45, 7) is 9.90. The van der Waals surface area contributed by atoms with Crippen molar-refractivity contribution in [2.24, 2.45) is 0 Å². The molecule has 13 aromatic rings. The van der Waals surface area contributed by atoms with Crippen LogP contribution >= 0.6 is 0 Å². The summed E-state index contributed by atoms with van der Waals surface area (Å²) in [5.41, 5.74) is 15.5. The molecule has 0 aliphatic carbocycles. The Balaban J connectivity index is 0.831. The van der Waals surface area contributed by atoms with Crippen molar-refractivity contribution in [3.63, 3.8) is 0 Å². The Morgan fingerprint density at radius 3 is 1.28 bits per heavy atom. The highest BCUT2D eigenvalue weighted by Crippen LogP contribution is 2.45. The first-order valence-corrected chi connectivity index (χ1v) is 31.1. The molecule has 4 heterocycles. The maximum absolute atomic E-state index is 6.97. The molecule has 0 N–H and O–H groups in total. The second-order valence-corrected chi connectivity index (χ2v) is 29.6. The van der Waals surface area contributed by atoms with Gasteiger partial charge in [0.2, 0.25) is 0 Å². The summed E-state index contributed by atoms with van der Waals surface area (Å²) in [5, 5.41) is 14.8. The van der Waals surface area contributed by atoms with Gasteiger partial charge in [-0.05, 0) is 174 Å². The van der Waals surface area contributed by atoms with Crippen LogP contribution in [0.25, 0.3) is 87.7 Å². The molecule has 72 heavy (non-hydrogen) atoms. The van der Waals surface area contributed by atoms with Gasteiger partial charge in [-0.25, -0.2) is 0 Å². The molecule has 0 fully saturated rings. The van der Waals surface area contributed by atoms with E-state index in [9.17, 15) is 0 Å². The highest BCUT2D eigenvalue weighted by Gasteiger charge is 2.39. The van der Waals surface area contributed by atoms with Gasteiger partial charge in [-0.1, -0.05) is 135 Å². The van der Waals surface area contributed by atoms with Crippen LogP contribution in [0.3, 0.4) is 0 Å². The fraction of sp³-hybridized carbons (Fsp3) is 0.0606. The number of furan rings is 2. The lowest BCUT2D eigenvalue weighted by Crippen LogP contribution is -2.49. The summed E-state index contributed by atoms with van der Waals surface area (Å²) in [5.74, 6) is 0. The van der Waals surface area contributed by atoms with Gasteiger partial charge in [0.05, 0.1) is 5.39 Å². The Labute approximate surface area is 419 Å². The third kappa shape index (κ3) is 5.97. The molecule has 2 aliphatic heterocycles. The topological polar surface area (TPSA) is 32.8 Å². The number of benzene rings is 11.